The van der Waals surface area contributed by atoms with Crippen molar-refractivity contribution in [1.29, 1.82) is 0 Å². The molecule has 0 bridgehead atoms. The Morgan fingerprint density at radius 2 is 1.95 bits per heavy atom. The van der Waals surface area contributed by atoms with Crippen molar-refractivity contribution in [2.45, 2.75) is 32.2 Å². The molecule has 0 amide bonds. The Hall–Kier alpha value is -2.17. The summed E-state index contributed by atoms with van der Waals surface area (Å²) in [5, 5.41) is 12.4. The number of nitrogens with one attached hydrogen (secondary N) is 1. The van der Waals surface area contributed by atoms with E-state index >= 15 is 0 Å². The normalized spacial score (nSPS) is 22.1. The number of anilines is 1. The van der Waals surface area contributed by atoms with E-state index in [9.17, 15) is 4.79 Å². The number of carbonyl (C=O) groups is 1. The first kappa shape index (κ1) is 12.8. The summed E-state index contributed by atoms with van der Waals surface area (Å²) in [6.45, 7) is 1.92. The van der Waals surface area contributed by atoms with Gasteiger partial charge in [0, 0.05) is 6.04 Å². The van der Waals surface area contributed by atoms with Gasteiger partial charge < -0.3 is 10.4 Å². The van der Waals surface area contributed by atoms with Crippen LogP contribution in [0.2, 0.25) is 0 Å². The summed E-state index contributed by atoms with van der Waals surface area (Å²) in [6.07, 6.45) is 2.25. The van der Waals surface area contributed by atoms with Crippen molar-refractivity contribution < 1.29 is 9.90 Å². The molecule has 1 heterocycles. The molecule has 1 aromatic heterocycles. The summed E-state index contributed by atoms with van der Waals surface area (Å²) in [4.78, 5) is 20.1. The van der Waals surface area contributed by atoms with E-state index in [4.69, 9.17) is 5.11 Å². The van der Waals surface area contributed by atoms with Crippen LogP contribution in [-0.4, -0.2) is 27.1 Å². The number of carboxylic acids is 1. The van der Waals surface area contributed by atoms with Crippen molar-refractivity contribution in [2.75, 3.05) is 5.32 Å². The van der Waals surface area contributed by atoms with E-state index in [1.54, 1.807) is 0 Å². The fraction of sp³-hybridized carbons (Fsp3) is 0.400. The number of hydrogen-bond acceptors (Lipinski definition) is 4. The highest BCUT2D eigenvalue weighted by Crippen LogP contribution is 2.28. The molecule has 2 atom stereocenters. The van der Waals surface area contributed by atoms with E-state index in [0.717, 1.165) is 35.4 Å². The summed E-state index contributed by atoms with van der Waals surface area (Å²) in [7, 11) is 0. The molecule has 0 aliphatic heterocycles. The van der Waals surface area contributed by atoms with Gasteiger partial charge >= 0.3 is 5.97 Å². The number of aliphatic carboxylic acids is 1. The molecule has 1 aliphatic rings. The zero-order valence-corrected chi connectivity index (χ0v) is 11.3. The number of nitrogens with zero attached hydrogens (tertiary/aromatic N) is 2. The second-order valence-electron chi connectivity index (χ2n) is 5.34. The van der Waals surface area contributed by atoms with E-state index in [0.29, 0.717) is 6.42 Å². The number of hydrogen-bond donors (Lipinski definition) is 2. The van der Waals surface area contributed by atoms with E-state index in [-0.39, 0.29) is 12.0 Å². The van der Waals surface area contributed by atoms with Gasteiger partial charge in [-0.3, -0.25) is 4.79 Å². The molecular formula is C15H17N3O2. The minimum atomic E-state index is -0.699. The summed E-state index contributed by atoms with van der Waals surface area (Å²) in [6, 6.07) is 7.92. The van der Waals surface area contributed by atoms with Crippen molar-refractivity contribution >= 4 is 22.8 Å². The first-order chi connectivity index (χ1) is 9.63. The molecule has 104 valence electrons. The van der Waals surface area contributed by atoms with E-state index in [2.05, 4.69) is 15.3 Å². The quantitative estimate of drug-likeness (QED) is 0.897. The molecular weight excluding hydrogens is 254 g/mol. The van der Waals surface area contributed by atoms with E-state index in [1.165, 1.54) is 0 Å². The first-order valence-corrected chi connectivity index (χ1v) is 6.86. The van der Waals surface area contributed by atoms with Gasteiger partial charge in [-0.05, 0) is 38.3 Å². The molecule has 2 N–H and O–H groups in total. The average Bonchev–Trinajstić information content (AvgIpc) is 2.88. The Morgan fingerprint density at radius 3 is 2.60 bits per heavy atom. The maximum Gasteiger partial charge on any atom is 0.306 e. The smallest absolute Gasteiger partial charge is 0.306 e. The van der Waals surface area contributed by atoms with Crippen LogP contribution in [0, 0.1) is 12.8 Å². The molecule has 1 fully saturated rings. The maximum atomic E-state index is 11.0. The van der Waals surface area contributed by atoms with Gasteiger partial charge in [-0.25, -0.2) is 9.97 Å². The average molecular weight is 271 g/mol. The lowest BCUT2D eigenvalue weighted by Crippen LogP contribution is -2.19. The van der Waals surface area contributed by atoms with Crippen LogP contribution in [0.1, 0.15) is 25.0 Å². The molecule has 1 aliphatic carbocycles. The highest BCUT2D eigenvalue weighted by atomic mass is 16.4. The lowest BCUT2D eigenvalue weighted by Gasteiger charge is -2.15. The van der Waals surface area contributed by atoms with Crippen LogP contribution in [0.4, 0.5) is 5.82 Å². The largest absolute Gasteiger partial charge is 0.481 e. The fourth-order valence-corrected chi connectivity index (χ4v) is 2.76. The zero-order valence-electron chi connectivity index (χ0n) is 11.3. The van der Waals surface area contributed by atoms with Gasteiger partial charge in [0.2, 0.25) is 0 Å². The van der Waals surface area contributed by atoms with Gasteiger partial charge in [-0.15, -0.1) is 0 Å². The van der Waals surface area contributed by atoms with Crippen LogP contribution in [0.15, 0.2) is 24.3 Å². The molecule has 0 radical (unpaired) electrons. The van der Waals surface area contributed by atoms with Crippen LogP contribution in [-0.2, 0) is 4.79 Å². The third-order valence-corrected chi connectivity index (χ3v) is 3.87. The van der Waals surface area contributed by atoms with Gasteiger partial charge in [-0.1, -0.05) is 12.1 Å². The van der Waals surface area contributed by atoms with E-state index in [1.807, 2.05) is 31.2 Å². The third kappa shape index (κ3) is 2.43. The Balaban J connectivity index is 1.81. The van der Waals surface area contributed by atoms with Gasteiger partial charge in [0.05, 0.1) is 22.6 Å². The standard InChI is InChI=1S/C15H17N3O2/c1-9-14(17-11-7-6-10(8-11)15(19)20)18-13-5-3-2-4-12(13)16-9/h2-5,10-11H,6-8H2,1H3,(H,17,18)(H,19,20). The van der Waals surface area contributed by atoms with Crippen molar-refractivity contribution in [3.05, 3.63) is 30.0 Å². The molecule has 5 nitrogen and oxygen atoms in total. The second-order valence-corrected chi connectivity index (χ2v) is 5.34. The minimum absolute atomic E-state index is 0.172. The molecule has 0 spiro atoms. The number of benzene rings is 1. The number of carboxylic acid groups (broad SMARTS) is 1. The molecule has 2 unspecified atom stereocenters. The van der Waals surface area contributed by atoms with Crippen LogP contribution >= 0.6 is 0 Å². The highest BCUT2D eigenvalue weighted by molar-refractivity contribution is 5.76. The number of para-hydroxylation sites is 2. The fourth-order valence-electron chi connectivity index (χ4n) is 2.76. The minimum Gasteiger partial charge on any atom is -0.481 e. The van der Waals surface area contributed by atoms with Crippen LogP contribution in [0.25, 0.3) is 11.0 Å². The Morgan fingerprint density at radius 1 is 1.25 bits per heavy atom. The number of aryl methyl sites for hydroxylation is 1. The summed E-state index contributed by atoms with van der Waals surface area (Å²) >= 11 is 0. The Labute approximate surface area is 117 Å². The van der Waals surface area contributed by atoms with Gasteiger partial charge in [-0.2, -0.15) is 0 Å². The van der Waals surface area contributed by atoms with Gasteiger partial charge in [0.1, 0.15) is 5.82 Å². The number of fused-ring (bicyclic) bond motifs is 1. The van der Waals surface area contributed by atoms with Gasteiger partial charge in [0.15, 0.2) is 0 Å². The van der Waals surface area contributed by atoms with E-state index < -0.39 is 5.97 Å². The molecule has 0 saturated heterocycles. The van der Waals surface area contributed by atoms with Crippen LogP contribution < -0.4 is 5.32 Å². The lowest BCUT2D eigenvalue weighted by atomic mass is 10.1. The topological polar surface area (TPSA) is 75.1 Å². The Bertz CT molecular complexity index is 657. The molecule has 5 heteroatoms. The third-order valence-electron chi connectivity index (χ3n) is 3.87. The molecule has 1 aromatic carbocycles. The van der Waals surface area contributed by atoms with Crippen molar-refractivity contribution in [1.82, 2.24) is 9.97 Å². The predicted octanol–water partition coefficient (Wildman–Crippen LogP) is 2.60. The lowest BCUT2D eigenvalue weighted by molar-refractivity contribution is -0.141. The molecule has 3 rings (SSSR count). The van der Waals surface area contributed by atoms with Crippen LogP contribution in [0.3, 0.4) is 0 Å². The second kappa shape index (κ2) is 5.07. The predicted molar refractivity (Wildman–Crippen MR) is 76.7 cm³/mol. The maximum absolute atomic E-state index is 11.0. The Kier molecular flexibility index (Phi) is 3.26. The van der Waals surface area contributed by atoms with Crippen LogP contribution in [0.5, 0.6) is 0 Å². The number of rotatable bonds is 3. The SMILES string of the molecule is Cc1nc2ccccc2nc1NC1CCC(C(=O)O)C1. The highest BCUT2D eigenvalue weighted by Gasteiger charge is 2.30. The van der Waals surface area contributed by atoms with Gasteiger partial charge in [0.25, 0.3) is 0 Å². The molecule has 20 heavy (non-hydrogen) atoms. The van der Waals surface area contributed by atoms with Crippen molar-refractivity contribution in [2.24, 2.45) is 5.92 Å². The van der Waals surface area contributed by atoms with Crippen molar-refractivity contribution in [3.8, 4) is 0 Å². The zero-order chi connectivity index (χ0) is 14.1. The first-order valence-electron chi connectivity index (χ1n) is 6.86. The van der Waals surface area contributed by atoms with Crippen molar-refractivity contribution in [3.63, 3.8) is 0 Å². The number of aromatic nitrogens is 2. The molecule has 1 saturated carbocycles. The monoisotopic (exact) mass is 271 g/mol. The summed E-state index contributed by atoms with van der Waals surface area (Å²) in [5.41, 5.74) is 2.58. The summed E-state index contributed by atoms with van der Waals surface area (Å²) in [5.74, 6) is -0.170. The summed E-state index contributed by atoms with van der Waals surface area (Å²) < 4.78 is 0. The molecule has 2 aromatic rings.